The predicted octanol–water partition coefficient (Wildman–Crippen LogP) is 3.42. The zero-order valence-corrected chi connectivity index (χ0v) is 10.7. The molecule has 0 atom stereocenters. The zero-order chi connectivity index (χ0) is 13.8. The molecule has 5 heteroatoms. The highest BCUT2D eigenvalue weighted by Gasteiger charge is 2.10. The second-order valence-electron chi connectivity index (χ2n) is 3.91. The van der Waals surface area contributed by atoms with Gasteiger partial charge < -0.3 is 10.5 Å². The van der Waals surface area contributed by atoms with E-state index in [9.17, 15) is 9.18 Å². The Morgan fingerprint density at radius 1 is 1.26 bits per heavy atom. The number of ether oxygens (including phenoxy) is 1. The molecular formula is C14H11ClFNO2. The number of hydrogen-bond acceptors (Lipinski definition) is 3. The first-order valence-corrected chi connectivity index (χ1v) is 5.91. The van der Waals surface area contributed by atoms with Gasteiger partial charge in [0, 0.05) is 11.3 Å². The molecule has 0 aromatic heterocycles. The molecule has 0 saturated heterocycles. The molecule has 2 N–H and O–H groups in total. The van der Waals surface area contributed by atoms with Gasteiger partial charge in [0.2, 0.25) is 0 Å². The average molecular weight is 280 g/mol. The zero-order valence-electron chi connectivity index (χ0n) is 9.90. The number of rotatable bonds is 3. The van der Waals surface area contributed by atoms with Crippen LogP contribution in [0.3, 0.4) is 0 Å². The third kappa shape index (κ3) is 3.23. The van der Waals surface area contributed by atoms with Crippen LogP contribution in [0, 0.1) is 5.82 Å². The van der Waals surface area contributed by atoms with Gasteiger partial charge >= 0.3 is 5.97 Å². The standard InChI is InChI=1S/C14H11ClFNO2/c15-13-10(4-2-6-12(13)16)8-19-14(18)9-3-1-5-11(17)7-9/h1-7H,8,17H2. The molecule has 0 saturated carbocycles. The first-order chi connectivity index (χ1) is 9.08. The van der Waals surface area contributed by atoms with Gasteiger partial charge in [-0.2, -0.15) is 0 Å². The van der Waals surface area contributed by atoms with Crippen LogP contribution in [0.4, 0.5) is 10.1 Å². The van der Waals surface area contributed by atoms with E-state index >= 15 is 0 Å². The van der Waals surface area contributed by atoms with E-state index in [-0.39, 0.29) is 11.6 Å². The van der Waals surface area contributed by atoms with E-state index < -0.39 is 11.8 Å². The molecule has 98 valence electrons. The second-order valence-corrected chi connectivity index (χ2v) is 4.29. The van der Waals surface area contributed by atoms with Crippen LogP contribution in [0.5, 0.6) is 0 Å². The highest BCUT2D eigenvalue weighted by molar-refractivity contribution is 6.31. The Kier molecular flexibility index (Phi) is 4.02. The van der Waals surface area contributed by atoms with Crippen LogP contribution in [-0.2, 0) is 11.3 Å². The summed E-state index contributed by atoms with van der Waals surface area (Å²) in [5.74, 6) is -1.08. The number of carbonyl (C=O) groups excluding carboxylic acids is 1. The van der Waals surface area contributed by atoms with Crippen molar-refractivity contribution in [2.45, 2.75) is 6.61 Å². The normalized spacial score (nSPS) is 10.2. The van der Waals surface area contributed by atoms with E-state index in [1.165, 1.54) is 18.2 Å². The number of esters is 1. The summed E-state index contributed by atoms with van der Waals surface area (Å²) < 4.78 is 18.2. The Hall–Kier alpha value is -2.07. The molecule has 0 aliphatic rings. The molecular weight excluding hydrogens is 269 g/mol. The highest BCUT2D eigenvalue weighted by atomic mass is 35.5. The summed E-state index contributed by atoms with van der Waals surface area (Å²) in [5.41, 5.74) is 6.80. The van der Waals surface area contributed by atoms with E-state index in [1.807, 2.05) is 0 Å². The fourth-order valence-corrected chi connectivity index (χ4v) is 1.73. The molecule has 0 unspecified atom stereocenters. The van der Waals surface area contributed by atoms with Crippen molar-refractivity contribution in [1.82, 2.24) is 0 Å². The Morgan fingerprint density at radius 2 is 2.00 bits per heavy atom. The molecule has 2 aromatic carbocycles. The summed E-state index contributed by atoms with van der Waals surface area (Å²) in [6.07, 6.45) is 0. The number of carbonyl (C=O) groups is 1. The summed E-state index contributed by atoms with van der Waals surface area (Å²) in [4.78, 5) is 11.8. The van der Waals surface area contributed by atoms with Gasteiger partial charge in [-0.05, 0) is 24.3 Å². The van der Waals surface area contributed by atoms with Crippen LogP contribution in [0.1, 0.15) is 15.9 Å². The smallest absolute Gasteiger partial charge is 0.338 e. The van der Waals surface area contributed by atoms with Crippen molar-refractivity contribution in [2.75, 3.05) is 5.73 Å². The third-order valence-corrected chi connectivity index (χ3v) is 2.94. The van der Waals surface area contributed by atoms with Gasteiger partial charge in [-0.1, -0.05) is 29.8 Å². The largest absolute Gasteiger partial charge is 0.457 e. The van der Waals surface area contributed by atoms with Crippen LogP contribution in [0.15, 0.2) is 42.5 Å². The quantitative estimate of drug-likeness (QED) is 0.692. The lowest BCUT2D eigenvalue weighted by Crippen LogP contribution is -2.06. The van der Waals surface area contributed by atoms with Crippen molar-refractivity contribution in [1.29, 1.82) is 0 Å². The van der Waals surface area contributed by atoms with E-state index in [0.717, 1.165) is 0 Å². The van der Waals surface area contributed by atoms with E-state index in [2.05, 4.69) is 0 Å². The molecule has 0 spiro atoms. The molecule has 2 aromatic rings. The molecule has 0 aliphatic carbocycles. The summed E-state index contributed by atoms with van der Waals surface area (Å²) >= 11 is 5.76. The van der Waals surface area contributed by atoms with Crippen molar-refractivity contribution < 1.29 is 13.9 Å². The molecule has 3 nitrogen and oxygen atoms in total. The number of nitrogen functional groups attached to an aromatic ring is 1. The van der Waals surface area contributed by atoms with Crippen molar-refractivity contribution in [3.63, 3.8) is 0 Å². The summed E-state index contributed by atoms with van der Waals surface area (Å²) in [6.45, 7) is -0.0930. The van der Waals surface area contributed by atoms with Crippen molar-refractivity contribution >= 4 is 23.3 Å². The Morgan fingerprint density at radius 3 is 2.74 bits per heavy atom. The lowest BCUT2D eigenvalue weighted by molar-refractivity contribution is 0.0472. The monoisotopic (exact) mass is 279 g/mol. The second kappa shape index (κ2) is 5.71. The molecule has 0 amide bonds. The minimum absolute atomic E-state index is 0.0390. The first kappa shape index (κ1) is 13.4. The Balaban J connectivity index is 2.07. The number of halogens is 2. The van der Waals surface area contributed by atoms with Crippen LogP contribution in [0.2, 0.25) is 5.02 Å². The maximum absolute atomic E-state index is 13.2. The van der Waals surface area contributed by atoms with Gasteiger partial charge in [-0.3, -0.25) is 0 Å². The summed E-state index contributed by atoms with van der Waals surface area (Å²) in [5, 5.41) is -0.0390. The molecule has 0 fully saturated rings. The highest BCUT2D eigenvalue weighted by Crippen LogP contribution is 2.20. The Bertz CT molecular complexity index is 616. The van der Waals surface area contributed by atoms with Crippen molar-refractivity contribution in [3.8, 4) is 0 Å². The van der Waals surface area contributed by atoms with Crippen molar-refractivity contribution in [3.05, 3.63) is 64.4 Å². The minimum Gasteiger partial charge on any atom is -0.457 e. The average Bonchev–Trinajstić information content (AvgIpc) is 2.40. The van der Waals surface area contributed by atoms with E-state index in [0.29, 0.717) is 16.8 Å². The van der Waals surface area contributed by atoms with E-state index in [1.54, 1.807) is 24.3 Å². The van der Waals surface area contributed by atoms with E-state index in [4.69, 9.17) is 22.1 Å². The predicted molar refractivity (Wildman–Crippen MR) is 71.4 cm³/mol. The molecule has 0 bridgehead atoms. The lowest BCUT2D eigenvalue weighted by atomic mass is 10.2. The number of anilines is 1. The molecule has 0 radical (unpaired) electrons. The Labute approximate surface area is 114 Å². The number of hydrogen-bond donors (Lipinski definition) is 1. The van der Waals surface area contributed by atoms with Crippen molar-refractivity contribution in [2.24, 2.45) is 0 Å². The van der Waals surface area contributed by atoms with Gasteiger partial charge in [-0.25, -0.2) is 9.18 Å². The summed E-state index contributed by atoms with van der Waals surface area (Å²) in [7, 11) is 0. The molecule has 0 aliphatic heterocycles. The van der Waals surface area contributed by atoms with Gasteiger partial charge in [0.25, 0.3) is 0 Å². The fraction of sp³-hybridized carbons (Fsp3) is 0.0714. The topological polar surface area (TPSA) is 52.3 Å². The lowest BCUT2D eigenvalue weighted by Gasteiger charge is -2.07. The van der Waals surface area contributed by atoms with Crippen LogP contribution >= 0.6 is 11.6 Å². The van der Waals surface area contributed by atoms with Gasteiger partial charge in [0.05, 0.1) is 10.6 Å². The fourth-order valence-electron chi connectivity index (χ4n) is 1.55. The third-order valence-electron chi connectivity index (χ3n) is 2.51. The first-order valence-electron chi connectivity index (χ1n) is 5.53. The maximum Gasteiger partial charge on any atom is 0.338 e. The molecule has 0 heterocycles. The maximum atomic E-state index is 13.2. The number of nitrogens with two attached hydrogens (primary N) is 1. The van der Waals surface area contributed by atoms with Crippen LogP contribution < -0.4 is 5.73 Å². The molecule has 2 rings (SSSR count). The van der Waals surface area contributed by atoms with Gasteiger partial charge in [0.15, 0.2) is 0 Å². The van der Waals surface area contributed by atoms with Crippen LogP contribution in [-0.4, -0.2) is 5.97 Å². The minimum atomic E-state index is -0.542. The SMILES string of the molecule is Nc1cccc(C(=O)OCc2cccc(F)c2Cl)c1. The van der Waals surface area contributed by atoms with Gasteiger partial charge in [-0.15, -0.1) is 0 Å². The van der Waals surface area contributed by atoms with Crippen LogP contribution in [0.25, 0.3) is 0 Å². The van der Waals surface area contributed by atoms with Gasteiger partial charge in [0.1, 0.15) is 12.4 Å². The summed E-state index contributed by atoms with van der Waals surface area (Å²) in [6, 6.07) is 10.8. The number of benzene rings is 2. The molecule has 19 heavy (non-hydrogen) atoms.